The lowest BCUT2D eigenvalue weighted by atomic mass is 10.1. The Morgan fingerprint density at radius 1 is 1.35 bits per heavy atom. The molecule has 94 valence electrons. The minimum Gasteiger partial charge on any atom is -0.481 e. The van der Waals surface area contributed by atoms with E-state index in [0.717, 1.165) is 5.56 Å². The molecule has 0 fully saturated rings. The summed E-state index contributed by atoms with van der Waals surface area (Å²) in [4.78, 5) is 12.7. The SMILES string of the molecule is CC(CN(C)Cc1cc(Cl)cc(Cl)c1)C(=O)O. The van der Waals surface area contributed by atoms with Crippen molar-refractivity contribution in [2.24, 2.45) is 5.92 Å². The van der Waals surface area contributed by atoms with Crippen molar-refractivity contribution in [3.8, 4) is 0 Å². The molecule has 0 spiro atoms. The van der Waals surface area contributed by atoms with Crippen LogP contribution in [0.3, 0.4) is 0 Å². The van der Waals surface area contributed by atoms with Gasteiger partial charge in [0.2, 0.25) is 0 Å². The lowest BCUT2D eigenvalue weighted by Gasteiger charge is -2.19. The number of aliphatic carboxylic acids is 1. The van der Waals surface area contributed by atoms with E-state index in [-0.39, 0.29) is 0 Å². The van der Waals surface area contributed by atoms with Crippen LogP contribution in [0.2, 0.25) is 10.0 Å². The van der Waals surface area contributed by atoms with Crippen LogP contribution in [0, 0.1) is 5.92 Å². The van der Waals surface area contributed by atoms with Crippen molar-refractivity contribution in [3.63, 3.8) is 0 Å². The summed E-state index contributed by atoms with van der Waals surface area (Å²) in [6.45, 7) is 2.79. The molecular weight excluding hydrogens is 261 g/mol. The molecule has 0 aliphatic heterocycles. The molecule has 0 aliphatic carbocycles. The van der Waals surface area contributed by atoms with E-state index in [1.54, 1.807) is 13.0 Å². The van der Waals surface area contributed by atoms with Gasteiger partial charge in [0, 0.05) is 23.1 Å². The largest absolute Gasteiger partial charge is 0.481 e. The van der Waals surface area contributed by atoms with Crippen LogP contribution in [0.5, 0.6) is 0 Å². The van der Waals surface area contributed by atoms with Gasteiger partial charge in [0.15, 0.2) is 0 Å². The molecule has 5 heteroatoms. The van der Waals surface area contributed by atoms with Gasteiger partial charge in [-0.25, -0.2) is 0 Å². The van der Waals surface area contributed by atoms with Gasteiger partial charge in [0.25, 0.3) is 0 Å². The first-order valence-corrected chi connectivity index (χ1v) is 6.00. The Kier molecular flexibility index (Phi) is 5.25. The third-order valence-electron chi connectivity index (χ3n) is 2.38. The molecule has 1 rings (SSSR count). The number of carboxylic acid groups (broad SMARTS) is 1. The summed E-state index contributed by atoms with van der Waals surface area (Å²) in [6.07, 6.45) is 0. The Labute approximate surface area is 111 Å². The molecule has 1 aromatic carbocycles. The van der Waals surface area contributed by atoms with Gasteiger partial charge in [-0.2, -0.15) is 0 Å². The molecule has 0 saturated carbocycles. The molecule has 0 bridgehead atoms. The standard InChI is InChI=1S/C12H15Cl2NO2/c1-8(12(16)17)6-15(2)7-9-3-10(13)5-11(14)4-9/h3-5,8H,6-7H2,1-2H3,(H,16,17). The normalized spacial score (nSPS) is 12.8. The molecule has 1 N–H and O–H groups in total. The summed E-state index contributed by atoms with van der Waals surface area (Å²) < 4.78 is 0. The summed E-state index contributed by atoms with van der Waals surface area (Å²) in [5.74, 6) is -1.18. The Morgan fingerprint density at radius 3 is 2.35 bits per heavy atom. The van der Waals surface area contributed by atoms with E-state index in [2.05, 4.69) is 0 Å². The van der Waals surface area contributed by atoms with E-state index in [9.17, 15) is 4.79 Å². The highest BCUT2D eigenvalue weighted by Gasteiger charge is 2.13. The molecule has 1 atom stereocenters. The second-order valence-corrected chi connectivity index (χ2v) is 5.09. The highest BCUT2D eigenvalue weighted by atomic mass is 35.5. The van der Waals surface area contributed by atoms with Gasteiger partial charge in [-0.05, 0) is 30.8 Å². The fourth-order valence-corrected chi connectivity index (χ4v) is 2.20. The molecule has 1 aromatic rings. The molecule has 0 heterocycles. The third-order valence-corrected chi connectivity index (χ3v) is 2.82. The maximum atomic E-state index is 10.7. The van der Waals surface area contributed by atoms with Gasteiger partial charge in [-0.15, -0.1) is 0 Å². The van der Waals surface area contributed by atoms with Crippen molar-refractivity contribution in [2.45, 2.75) is 13.5 Å². The molecule has 0 radical (unpaired) electrons. The minimum atomic E-state index is -0.791. The first-order valence-electron chi connectivity index (χ1n) is 5.25. The summed E-state index contributed by atoms with van der Waals surface area (Å²) in [6, 6.07) is 5.33. The zero-order chi connectivity index (χ0) is 13.0. The predicted octanol–water partition coefficient (Wildman–Crippen LogP) is 3.15. The number of hydrogen-bond acceptors (Lipinski definition) is 2. The third kappa shape index (κ3) is 4.94. The summed E-state index contributed by atoms with van der Waals surface area (Å²) in [5.41, 5.74) is 0.975. The van der Waals surface area contributed by atoms with E-state index in [1.807, 2.05) is 24.1 Å². The van der Waals surface area contributed by atoms with Gasteiger partial charge in [-0.3, -0.25) is 4.79 Å². The van der Waals surface area contributed by atoms with Gasteiger partial charge < -0.3 is 10.0 Å². The first-order chi connectivity index (χ1) is 7.88. The fourth-order valence-electron chi connectivity index (χ4n) is 1.62. The molecule has 0 aromatic heterocycles. The molecule has 0 amide bonds. The van der Waals surface area contributed by atoms with Gasteiger partial charge in [-0.1, -0.05) is 30.1 Å². The number of carbonyl (C=O) groups is 1. The van der Waals surface area contributed by atoms with E-state index in [1.165, 1.54) is 0 Å². The summed E-state index contributed by atoms with van der Waals surface area (Å²) >= 11 is 11.8. The van der Waals surface area contributed by atoms with Crippen LogP contribution < -0.4 is 0 Å². The van der Waals surface area contributed by atoms with E-state index in [4.69, 9.17) is 28.3 Å². The van der Waals surface area contributed by atoms with E-state index in [0.29, 0.717) is 23.1 Å². The lowest BCUT2D eigenvalue weighted by Crippen LogP contribution is -2.28. The number of nitrogens with zero attached hydrogens (tertiary/aromatic N) is 1. The maximum absolute atomic E-state index is 10.7. The Bertz CT molecular complexity index is 389. The van der Waals surface area contributed by atoms with Gasteiger partial charge in [0.05, 0.1) is 5.92 Å². The number of halogens is 2. The van der Waals surface area contributed by atoms with Crippen LogP contribution in [-0.2, 0) is 11.3 Å². The van der Waals surface area contributed by atoms with Crippen molar-refractivity contribution < 1.29 is 9.90 Å². The number of carboxylic acids is 1. The monoisotopic (exact) mass is 275 g/mol. The van der Waals surface area contributed by atoms with E-state index >= 15 is 0 Å². The zero-order valence-electron chi connectivity index (χ0n) is 9.78. The number of rotatable bonds is 5. The smallest absolute Gasteiger partial charge is 0.307 e. The van der Waals surface area contributed by atoms with Crippen molar-refractivity contribution in [1.29, 1.82) is 0 Å². The highest BCUT2D eigenvalue weighted by Crippen LogP contribution is 2.20. The summed E-state index contributed by atoms with van der Waals surface area (Å²) in [7, 11) is 1.87. The number of benzene rings is 1. The van der Waals surface area contributed by atoms with Crippen molar-refractivity contribution in [3.05, 3.63) is 33.8 Å². The first kappa shape index (κ1) is 14.3. The van der Waals surface area contributed by atoms with Crippen molar-refractivity contribution >= 4 is 29.2 Å². The van der Waals surface area contributed by atoms with E-state index < -0.39 is 11.9 Å². The Morgan fingerprint density at radius 2 is 1.88 bits per heavy atom. The van der Waals surface area contributed by atoms with Crippen LogP contribution >= 0.6 is 23.2 Å². The topological polar surface area (TPSA) is 40.5 Å². The van der Waals surface area contributed by atoms with Crippen LogP contribution in [0.15, 0.2) is 18.2 Å². The molecule has 0 saturated heterocycles. The highest BCUT2D eigenvalue weighted by molar-refractivity contribution is 6.34. The molecule has 1 unspecified atom stereocenters. The van der Waals surface area contributed by atoms with Crippen LogP contribution in [0.4, 0.5) is 0 Å². The summed E-state index contributed by atoms with van der Waals surface area (Å²) in [5, 5.41) is 10.00. The second kappa shape index (κ2) is 6.24. The maximum Gasteiger partial charge on any atom is 0.307 e. The van der Waals surface area contributed by atoms with Crippen LogP contribution in [-0.4, -0.2) is 29.6 Å². The average molecular weight is 276 g/mol. The van der Waals surface area contributed by atoms with Crippen molar-refractivity contribution in [1.82, 2.24) is 4.90 Å². The lowest BCUT2D eigenvalue weighted by molar-refractivity contribution is -0.141. The molecule has 0 aliphatic rings. The fraction of sp³-hybridized carbons (Fsp3) is 0.417. The zero-order valence-corrected chi connectivity index (χ0v) is 11.3. The van der Waals surface area contributed by atoms with Crippen LogP contribution in [0.1, 0.15) is 12.5 Å². The molecule has 17 heavy (non-hydrogen) atoms. The predicted molar refractivity (Wildman–Crippen MR) is 69.6 cm³/mol. The van der Waals surface area contributed by atoms with Crippen LogP contribution in [0.25, 0.3) is 0 Å². The van der Waals surface area contributed by atoms with Gasteiger partial charge >= 0.3 is 5.97 Å². The Hall–Kier alpha value is -0.770. The molecule has 3 nitrogen and oxygen atoms in total. The quantitative estimate of drug-likeness (QED) is 0.898. The van der Waals surface area contributed by atoms with Gasteiger partial charge in [0.1, 0.15) is 0 Å². The van der Waals surface area contributed by atoms with Crippen molar-refractivity contribution in [2.75, 3.05) is 13.6 Å². The number of hydrogen-bond donors (Lipinski definition) is 1. The second-order valence-electron chi connectivity index (χ2n) is 4.21. The minimum absolute atomic E-state index is 0.394. The molecular formula is C12H15Cl2NO2. The Balaban J connectivity index is 2.61. The average Bonchev–Trinajstić information content (AvgIpc) is 2.14.